The van der Waals surface area contributed by atoms with E-state index in [1.54, 1.807) is 47.1 Å². The fourth-order valence-corrected chi connectivity index (χ4v) is 3.41. The van der Waals surface area contributed by atoms with Crippen molar-refractivity contribution in [1.29, 1.82) is 0 Å². The number of benzene rings is 2. The zero-order valence-electron chi connectivity index (χ0n) is 16.3. The Morgan fingerprint density at radius 1 is 1.17 bits per heavy atom. The van der Waals surface area contributed by atoms with Crippen LogP contribution in [0.25, 0.3) is 16.7 Å². The zero-order valence-corrected chi connectivity index (χ0v) is 17.1. The highest BCUT2D eigenvalue weighted by atomic mass is 35.5. The highest BCUT2D eigenvalue weighted by molar-refractivity contribution is 6.33. The van der Waals surface area contributed by atoms with Gasteiger partial charge in [-0.15, -0.1) is 0 Å². The highest BCUT2D eigenvalue weighted by Crippen LogP contribution is 2.27. The average molecular weight is 425 g/mol. The van der Waals surface area contributed by atoms with Gasteiger partial charge in [0.25, 0.3) is 5.91 Å². The van der Waals surface area contributed by atoms with E-state index in [4.69, 9.17) is 16.3 Å². The Labute approximate surface area is 177 Å². The first-order valence-corrected chi connectivity index (χ1v) is 9.60. The molecule has 0 aliphatic heterocycles. The van der Waals surface area contributed by atoms with E-state index in [2.05, 4.69) is 15.4 Å². The number of hydrogen-bond donors (Lipinski definition) is 1. The molecule has 0 radical (unpaired) electrons. The quantitative estimate of drug-likeness (QED) is 0.497. The van der Waals surface area contributed by atoms with Gasteiger partial charge in [-0.05, 0) is 49.7 Å². The molecule has 8 heteroatoms. The molecule has 0 spiro atoms. The SMILES string of the molecule is Cc1cc(OCC(=O)Nc2ccccc2Cl)nc2c1c(C)nn2-c1cccc(F)c1. The molecule has 30 heavy (non-hydrogen) atoms. The number of nitrogens with one attached hydrogen (secondary N) is 1. The molecule has 0 atom stereocenters. The van der Waals surface area contributed by atoms with Crippen molar-refractivity contribution < 1.29 is 13.9 Å². The summed E-state index contributed by atoms with van der Waals surface area (Å²) < 4.78 is 20.9. The summed E-state index contributed by atoms with van der Waals surface area (Å²) in [5, 5.41) is 8.49. The second-order valence-corrected chi connectivity index (χ2v) is 7.18. The zero-order chi connectivity index (χ0) is 21.3. The minimum Gasteiger partial charge on any atom is -0.467 e. The van der Waals surface area contributed by atoms with Gasteiger partial charge in [0.2, 0.25) is 5.88 Å². The number of anilines is 1. The van der Waals surface area contributed by atoms with Crippen molar-refractivity contribution in [1.82, 2.24) is 14.8 Å². The Hall–Kier alpha value is -3.45. The third-order valence-corrected chi connectivity index (χ3v) is 4.87. The monoisotopic (exact) mass is 424 g/mol. The number of fused-ring (bicyclic) bond motifs is 1. The molecule has 0 bridgehead atoms. The second kappa shape index (κ2) is 8.12. The molecule has 0 fully saturated rings. The number of amides is 1. The molecule has 4 rings (SSSR count). The lowest BCUT2D eigenvalue weighted by Crippen LogP contribution is -2.20. The van der Waals surface area contributed by atoms with Crippen molar-refractivity contribution >= 4 is 34.2 Å². The number of ether oxygens (including phenoxy) is 1. The smallest absolute Gasteiger partial charge is 0.262 e. The van der Waals surface area contributed by atoms with Gasteiger partial charge in [0.1, 0.15) is 5.82 Å². The minimum absolute atomic E-state index is 0.240. The Balaban J connectivity index is 1.60. The van der Waals surface area contributed by atoms with Crippen LogP contribution in [0.4, 0.5) is 10.1 Å². The van der Waals surface area contributed by atoms with E-state index in [0.717, 1.165) is 16.6 Å². The molecular weight excluding hydrogens is 407 g/mol. The van der Waals surface area contributed by atoms with Crippen LogP contribution in [0.15, 0.2) is 54.6 Å². The summed E-state index contributed by atoms with van der Waals surface area (Å²) in [6.07, 6.45) is 0. The molecule has 1 N–H and O–H groups in total. The molecule has 1 amide bonds. The summed E-state index contributed by atoms with van der Waals surface area (Å²) in [7, 11) is 0. The summed E-state index contributed by atoms with van der Waals surface area (Å²) in [6.45, 7) is 3.53. The lowest BCUT2D eigenvalue weighted by molar-refractivity contribution is -0.118. The van der Waals surface area contributed by atoms with Gasteiger partial charge in [0.15, 0.2) is 12.3 Å². The summed E-state index contributed by atoms with van der Waals surface area (Å²) in [4.78, 5) is 16.7. The average Bonchev–Trinajstić information content (AvgIpc) is 3.05. The van der Waals surface area contributed by atoms with E-state index in [9.17, 15) is 9.18 Å². The summed E-state index contributed by atoms with van der Waals surface area (Å²) in [5.41, 5.74) is 3.24. The van der Waals surface area contributed by atoms with E-state index in [1.165, 1.54) is 12.1 Å². The van der Waals surface area contributed by atoms with Crippen LogP contribution in [0, 0.1) is 19.7 Å². The molecule has 2 aromatic heterocycles. The predicted molar refractivity (Wildman–Crippen MR) is 114 cm³/mol. The summed E-state index contributed by atoms with van der Waals surface area (Å²) >= 11 is 6.06. The number of aromatic nitrogens is 3. The van der Waals surface area contributed by atoms with E-state index in [-0.39, 0.29) is 24.2 Å². The van der Waals surface area contributed by atoms with E-state index < -0.39 is 0 Å². The molecule has 4 aromatic rings. The number of para-hydroxylation sites is 1. The maximum absolute atomic E-state index is 13.7. The minimum atomic E-state index is -0.367. The van der Waals surface area contributed by atoms with Gasteiger partial charge in [-0.25, -0.2) is 9.07 Å². The van der Waals surface area contributed by atoms with Gasteiger partial charge in [-0.1, -0.05) is 29.8 Å². The molecule has 2 heterocycles. The summed E-state index contributed by atoms with van der Waals surface area (Å²) in [6, 6.07) is 14.8. The predicted octanol–water partition coefficient (Wildman–Crippen LogP) is 4.85. The first-order chi connectivity index (χ1) is 14.4. The van der Waals surface area contributed by atoms with Gasteiger partial charge < -0.3 is 10.1 Å². The van der Waals surface area contributed by atoms with Crippen LogP contribution in [-0.4, -0.2) is 27.3 Å². The molecule has 152 valence electrons. The van der Waals surface area contributed by atoms with Gasteiger partial charge in [-0.3, -0.25) is 4.79 Å². The lowest BCUT2D eigenvalue weighted by atomic mass is 10.2. The number of aryl methyl sites for hydroxylation is 2. The first kappa shape index (κ1) is 19.8. The van der Waals surface area contributed by atoms with Gasteiger partial charge >= 0.3 is 0 Å². The maximum Gasteiger partial charge on any atom is 0.262 e. The summed E-state index contributed by atoms with van der Waals surface area (Å²) in [5.74, 6) is -0.460. The van der Waals surface area contributed by atoms with Gasteiger partial charge in [0.05, 0.1) is 22.1 Å². The van der Waals surface area contributed by atoms with Gasteiger partial charge in [-0.2, -0.15) is 10.1 Å². The van der Waals surface area contributed by atoms with Crippen molar-refractivity contribution in [2.45, 2.75) is 13.8 Å². The van der Waals surface area contributed by atoms with Crippen molar-refractivity contribution in [2.75, 3.05) is 11.9 Å². The van der Waals surface area contributed by atoms with Crippen LogP contribution in [0.5, 0.6) is 5.88 Å². The highest BCUT2D eigenvalue weighted by Gasteiger charge is 2.16. The number of pyridine rings is 1. The van der Waals surface area contributed by atoms with Crippen molar-refractivity contribution in [3.63, 3.8) is 0 Å². The van der Waals surface area contributed by atoms with Crippen molar-refractivity contribution in [2.24, 2.45) is 0 Å². The molecule has 0 saturated heterocycles. The molecule has 0 saturated carbocycles. The number of hydrogen-bond acceptors (Lipinski definition) is 4. The number of carbonyl (C=O) groups excluding carboxylic acids is 1. The van der Waals surface area contributed by atoms with Crippen LogP contribution in [0.1, 0.15) is 11.3 Å². The Morgan fingerprint density at radius 3 is 2.73 bits per heavy atom. The van der Waals surface area contributed by atoms with Crippen LogP contribution in [0.3, 0.4) is 0 Å². The lowest BCUT2D eigenvalue weighted by Gasteiger charge is -2.10. The van der Waals surface area contributed by atoms with Crippen LogP contribution in [0.2, 0.25) is 5.02 Å². The molecule has 2 aromatic carbocycles. The van der Waals surface area contributed by atoms with Crippen LogP contribution in [-0.2, 0) is 4.79 Å². The maximum atomic E-state index is 13.7. The fourth-order valence-electron chi connectivity index (χ4n) is 3.22. The fraction of sp³-hybridized carbons (Fsp3) is 0.136. The van der Waals surface area contributed by atoms with Crippen LogP contribution >= 0.6 is 11.6 Å². The van der Waals surface area contributed by atoms with Crippen molar-refractivity contribution in [3.05, 3.63) is 76.7 Å². The Bertz CT molecular complexity index is 1260. The van der Waals surface area contributed by atoms with Crippen molar-refractivity contribution in [3.8, 4) is 11.6 Å². The van der Waals surface area contributed by atoms with Gasteiger partial charge in [0, 0.05) is 11.5 Å². The molecule has 6 nitrogen and oxygen atoms in total. The number of nitrogens with zero attached hydrogens (tertiary/aromatic N) is 3. The first-order valence-electron chi connectivity index (χ1n) is 9.22. The normalized spacial score (nSPS) is 10.9. The largest absolute Gasteiger partial charge is 0.467 e. The van der Waals surface area contributed by atoms with E-state index in [0.29, 0.717) is 22.0 Å². The Morgan fingerprint density at radius 2 is 1.97 bits per heavy atom. The number of rotatable bonds is 5. The number of carbonyl (C=O) groups is 1. The number of halogens is 2. The van der Waals surface area contributed by atoms with E-state index in [1.807, 2.05) is 13.8 Å². The molecular formula is C22H18ClFN4O2. The third-order valence-electron chi connectivity index (χ3n) is 4.54. The van der Waals surface area contributed by atoms with Crippen LogP contribution < -0.4 is 10.1 Å². The third kappa shape index (κ3) is 3.97. The molecule has 0 aliphatic rings. The standard InChI is InChI=1S/C22H18ClFN4O2/c1-13-10-20(30-12-19(29)25-18-9-4-3-8-17(18)23)26-22-21(13)14(2)27-28(22)16-7-5-6-15(24)11-16/h3-11H,12H2,1-2H3,(H,25,29). The Kier molecular flexibility index (Phi) is 5.37. The molecule has 0 aliphatic carbocycles. The topological polar surface area (TPSA) is 69.0 Å². The molecule has 0 unspecified atom stereocenters. The van der Waals surface area contributed by atoms with E-state index >= 15 is 0 Å². The second-order valence-electron chi connectivity index (χ2n) is 6.77.